The van der Waals surface area contributed by atoms with Crippen molar-refractivity contribution in [2.45, 2.75) is 18.2 Å². The average Bonchev–Trinajstić information content (AvgIpc) is 3.08. The molecule has 11 heteroatoms. The molecule has 2 N–H and O–H groups in total. The Morgan fingerprint density at radius 1 is 1.40 bits per heavy atom. The third-order valence-electron chi connectivity index (χ3n) is 4.14. The van der Waals surface area contributed by atoms with Gasteiger partial charge in [-0.3, -0.25) is 4.79 Å². The van der Waals surface area contributed by atoms with Gasteiger partial charge in [0.1, 0.15) is 0 Å². The van der Waals surface area contributed by atoms with Gasteiger partial charge in [0.25, 0.3) is 0 Å². The number of halogens is 1. The van der Waals surface area contributed by atoms with E-state index in [9.17, 15) is 18.3 Å². The van der Waals surface area contributed by atoms with Crippen molar-refractivity contribution in [3.63, 3.8) is 0 Å². The number of aromatic nitrogens is 4. The van der Waals surface area contributed by atoms with E-state index in [2.05, 4.69) is 20.6 Å². The van der Waals surface area contributed by atoms with E-state index < -0.39 is 21.9 Å². The molecule has 1 aliphatic rings. The van der Waals surface area contributed by atoms with Gasteiger partial charge in [0, 0.05) is 18.7 Å². The van der Waals surface area contributed by atoms with Gasteiger partial charge in [-0.1, -0.05) is 18.5 Å². The fourth-order valence-electron chi connectivity index (χ4n) is 2.94. The van der Waals surface area contributed by atoms with Gasteiger partial charge in [0.15, 0.2) is 0 Å². The number of piperidine rings is 1. The second-order valence-corrected chi connectivity index (χ2v) is 8.42. The summed E-state index contributed by atoms with van der Waals surface area (Å²) in [7, 11) is -3.87. The Balaban J connectivity index is 1.97. The first-order valence-corrected chi connectivity index (χ1v) is 9.37. The van der Waals surface area contributed by atoms with Crippen LogP contribution in [0.3, 0.4) is 0 Å². The molecule has 1 saturated heterocycles. The summed E-state index contributed by atoms with van der Waals surface area (Å²) in [5, 5.41) is 22.9. The lowest BCUT2D eigenvalue weighted by atomic mass is 9.92. The van der Waals surface area contributed by atoms with Gasteiger partial charge >= 0.3 is 5.97 Å². The number of hydrogen-bond acceptors (Lipinski definition) is 6. The van der Waals surface area contributed by atoms with Gasteiger partial charge < -0.3 is 5.11 Å². The predicted molar refractivity (Wildman–Crippen MR) is 88.3 cm³/mol. The van der Waals surface area contributed by atoms with Crippen LogP contribution in [-0.4, -0.2) is 57.5 Å². The maximum atomic E-state index is 13.0. The molecule has 25 heavy (non-hydrogen) atoms. The van der Waals surface area contributed by atoms with Crippen molar-refractivity contribution in [3.8, 4) is 11.4 Å². The smallest absolute Gasteiger partial charge is 0.307 e. The highest BCUT2D eigenvalue weighted by Crippen LogP contribution is 2.31. The molecule has 0 bridgehead atoms. The van der Waals surface area contributed by atoms with Crippen LogP contribution in [0.5, 0.6) is 0 Å². The van der Waals surface area contributed by atoms with E-state index in [4.69, 9.17) is 11.6 Å². The van der Waals surface area contributed by atoms with Crippen LogP contribution in [-0.2, 0) is 14.8 Å². The minimum Gasteiger partial charge on any atom is -0.481 e. The molecule has 3 rings (SSSR count). The van der Waals surface area contributed by atoms with E-state index in [1.807, 2.05) is 6.92 Å². The van der Waals surface area contributed by atoms with E-state index in [0.717, 1.165) is 0 Å². The molecular weight excluding hydrogens is 370 g/mol. The zero-order valence-electron chi connectivity index (χ0n) is 13.3. The van der Waals surface area contributed by atoms with Gasteiger partial charge in [-0.2, -0.15) is 9.52 Å². The maximum absolute atomic E-state index is 13.0. The summed E-state index contributed by atoms with van der Waals surface area (Å²) in [6.07, 6.45) is 0.454. The molecule has 0 aliphatic carbocycles. The first-order chi connectivity index (χ1) is 11.8. The highest BCUT2D eigenvalue weighted by molar-refractivity contribution is 7.89. The predicted octanol–water partition coefficient (Wildman–Crippen LogP) is 1.25. The van der Waals surface area contributed by atoms with Crippen molar-refractivity contribution < 1.29 is 18.3 Å². The largest absolute Gasteiger partial charge is 0.481 e. The molecule has 2 heterocycles. The molecule has 1 aromatic heterocycles. The summed E-state index contributed by atoms with van der Waals surface area (Å²) in [5.41, 5.74) is 0.330. The number of aliphatic carboxylic acids is 1. The van der Waals surface area contributed by atoms with Crippen molar-refractivity contribution in [3.05, 3.63) is 23.2 Å². The molecule has 0 amide bonds. The minimum absolute atomic E-state index is 0.00920. The Hall–Kier alpha value is -2.04. The summed E-state index contributed by atoms with van der Waals surface area (Å²) in [4.78, 5) is 11.3. The van der Waals surface area contributed by atoms with Gasteiger partial charge in [-0.05, 0) is 35.8 Å². The topological polar surface area (TPSA) is 129 Å². The van der Waals surface area contributed by atoms with Crippen LogP contribution in [0, 0.1) is 11.8 Å². The zero-order valence-corrected chi connectivity index (χ0v) is 14.8. The Morgan fingerprint density at radius 3 is 2.80 bits per heavy atom. The number of hydrogen-bond donors (Lipinski definition) is 2. The highest BCUT2D eigenvalue weighted by Gasteiger charge is 2.36. The molecule has 0 radical (unpaired) electrons. The molecule has 2 aromatic rings. The number of sulfonamides is 1. The monoisotopic (exact) mass is 385 g/mol. The summed E-state index contributed by atoms with van der Waals surface area (Å²) in [6, 6.07) is 4.20. The first kappa shape index (κ1) is 17.8. The first-order valence-electron chi connectivity index (χ1n) is 7.55. The number of tetrazole rings is 1. The molecule has 1 aromatic carbocycles. The molecule has 1 fully saturated rings. The van der Waals surface area contributed by atoms with Gasteiger partial charge in [0.2, 0.25) is 15.8 Å². The molecular formula is C14H16ClN5O4S. The van der Waals surface area contributed by atoms with E-state index >= 15 is 0 Å². The number of H-pyrrole nitrogens is 1. The molecule has 134 valence electrons. The quantitative estimate of drug-likeness (QED) is 0.810. The summed E-state index contributed by atoms with van der Waals surface area (Å²) in [5.74, 6) is -1.58. The standard InChI is InChI=1S/C14H16ClN5O4S/c1-8-4-9(14(21)22)7-20(6-8)25(23,24)10-2-3-12(15)11(5-10)13-16-18-19-17-13/h2-3,5,8-9H,4,6-7H2,1H3,(H,21,22)(H,16,17,18,19). The van der Waals surface area contributed by atoms with Crippen molar-refractivity contribution in [2.75, 3.05) is 13.1 Å². The number of aromatic amines is 1. The van der Waals surface area contributed by atoms with Gasteiger partial charge in [-0.15, -0.1) is 10.2 Å². The number of rotatable bonds is 4. The van der Waals surface area contributed by atoms with Crippen LogP contribution < -0.4 is 0 Å². The molecule has 9 nitrogen and oxygen atoms in total. The third-order valence-corrected chi connectivity index (χ3v) is 6.29. The fourth-order valence-corrected chi connectivity index (χ4v) is 4.77. The van der Waals surface area contributed by atoms with Gasteiger partial charge in [0.05, 0.1) is 15.8 Å². The Labute approximate surface area is 149 Å². The Bertz CT molecular complexity index is 887. The lowest BCUT2D eigenvalue weighted by Crippen LogP contribution is -2.45. The Morgan fingerprint density at radius 2 is 2.16 bits per heavy atom. The summed E-state index contributed by atoms with van der Waals surface area (Å²) < 4.78 is 27.1. The van der Waals surface area contributed by atoms with Crippen LogP contribution in [0.15, 0.2) is 23.1 Å². The number of carboxylic acids is 1. The van der Waals surface area contributed by atoms with Crippen molar-refractivity contribution >= 4 is 27.6 Å². The SMILES string of the molecule is CC1CC(C(=O)O)CN(S(=O)(=O)c2ccc(Cl)c(-c3nn[nH]n3)c2)C1. The Kier molecular flexibility index (Phi) is 4.76. The summed E-state index contributed by atoms with van der Waals surface area (Å²) >= 11 is 6.10. The van der Waals surface area contributed by atoms with Crippen molar-refractivity contribution in [1.82, 2.24) is 24.9 Å². The van der Waals surface area contributed by atoms with Crippen LogP contribution >= 0.6 is 11.6 Å². The number of nitrogens with zero attached hydrogens (tertiary/aromatic N) is 4. The second-order valence-electron chi connectivity index (χ2n) is 6.08. The average molecular weight is 386 g/mol. The lowest BCUT2D eigenvalue weighted by Gasteiger charge is -2.33. The van der Waals surface area contributed by atoms with Crippen LogP contribution in [0.4, 0.5) is 0 Å². The molecule has 2 unspecified atom stereocenters. The number of carboxylic acid groups (broad SMARTS) is 1. The summed E-state index contributed by atoms with van der Waals surface area (Å²) in [6.45, 7) is 2.05. The number of carbonyl (C=O) groups is 1. The van der Waals surface area contributed by atoms with Crippen molar-refractivity contribution in [1.29, 1.82) is 0 Å². The second kappa shape index (κ2) is 6.70. The highest BCUT2D eigenvalue weighted by atomic mass is 35.5. The number of benzene rings is 1. The number of nitrogens with one attached hydrogen (secondary N) is 1. The van der Waals surface area contributed by atoms with E-state index in [-0.39, 0.29) is 34.7 Å². The molecule has 2 atom stereocenters. The minimum atomic E-state index is -3.87. The normalized spacial score (nSPS) is 22.0. The van der Waals surface area contributed by atoms with Gasteiger partial charge in [-0.25, -0.2) is 8.42 Å². The van der Waals surface area contributed by atoms with Crippen LogP contribution in [0.1, 0.15) is 13.3 Å². The van der Waals surface area contributed by atoms with Crippen LogP contribution in [0.2, 0.25) is 5.02 Å². The van der Waals surface area contributed by atoms with Crippen LogP contribution in [0.25, 0.3) is 11.4 Å². The molecule has 0 spiro atoms. The van der Waals surface area contributed by atoms with E-state index in [1.54, 1.807) is 0 Å². The lowest BCUT2D eigenvalue weighted by molar-refractivity contribution is -0.143. The zero-order chi connectivity index (χ0) is 18.2. The fraction of sp³-hybridized carbons (Fsp3) is 0.429. The van der Waals surface area contributed by atoms with Crippen molar-refractivity contribution in [2.24, 2.45) is 11.8 Å². The maximum Gasteiger partial charge on any atom is 0.307 e. The molecule has 0 saturated carbocycles. The van der Waals surface area contributed by atoms with E-state index in [0.29, 0.717) is 12.0 Å². The third kappa shape index (κ3) is 3.51. The molecule has 1 aliphatic heterocycles. The van der Waals surface area contributed by atoms with E-state index in [1.165, 1.54) is 22.5 Å².